The number of nitrogens with zero attached hydrogens (tertiary/aromatic N) is 1. The van der Waals surface area contributed by atoms with E-state index in [0.717, 1.165) is 18.6 Å². The van der Waals surface area contributed by atoms with Crippen LogP contribution in [0.15, 0.2) is 23.0 Å². The van der Waals surface area contributed by atoms with E-state index in [4.69, 9.17) is 4.74 Å². The van der Waals surface area contributed by atoms with Crippen LogP contribution >= 0.6 is 0 Å². The van der Waals surface area contributed by atoms with Crippen LogP contribution in [0, 0.1) is 0 Å². The van der Waals surface area contributed by atoms with Gasteiger partial charge >= 0.3 is 5.69 Å². The maximum absolute atomic E-state index is 12.3. The van der Waals surface area contributed by atoms with E-state index in [1.165, 1.54) is 0 Å². The number of fused-ring (bicyclic) bond motifs is 1. The number of H-pyrrole nitrogens is 2. The average Bonchev–Trinajstić information content (AvgIpc) is 2.86. The number of hydrogen-bond donors (Lipinski definition) is 3. The molecule has 21 heavy (non-hydrogen) atoms. The minimum Gasteiger partial charge on any atom is -0.379 e. The predicted molar refractivity (Wildman–Crippen MR) is 79.4 cm³/mol. The van der Waals surface area contributed by atoms with E-state index < -0.39 is 0 Å². The Morgan fingerprint density at radius 2 is 2.00 bits per heavy atom. The Bertz CT molecular complexity index is 700. The highest BCUT2D eigenvalue weighted by atomic mass is 16.5. The highest BCUT2D eigenvalue weighted by molar-refractivity contribution is 5.96. The third-order valence-corrected chi connectivity index (χ3v) is 3.76. The number of anilines is 1. The second-order valence-electron chi connectivity index (χ2n) is 5.15. The standard InChI is InChI=1S/C14H18N4O3/c1-9(18-4-6-21-7-5-18)13(19)15-10-2-3-11-12(8-10)17-14(20)16-11/h2-3,8-9H,4-7H2,1H3,(H,15,19)(H2,16,17,20)/t9-/m0/s1. The van der Waals surface area contributed by atoms with Crippen molar-refractivity contribution in [2.24, 2.45) is 0 Å². The molecule has 1 aromatic carbocycles. The molecule has 1 aliphatic heterocycles. The zero-order valence-corrected chi connectivity index (χ0v) is 11.8. The quantitative estimate of drug-likeness (QED) is 0.768. The van der Waals surface area contributed by atoms with E-state index in [2.05, 4.69) is 20.2 Å². The van der Waals surface area contributed by atoms with Gasteiger partial charge in [0.25, 0.3) is 0 Å². The third-order valence-electron chi connectivity index (χ3n) is 3.76. The van der Waals surface area contributed by atoms with Gasteiger partial charge in [-0.3, -0.25) is 9.69 Å². The summed E-state index contributed by atoms with van der Waals surface area (Å²) in [5.41, 5.74) is 1.81. The number of benzene rings is 1. The minimum atomic E-state index is -0.254. The van der Waals surface area contributed by atoms with Gasteiger partial charge < -0.3 is 20.0 Å². The van der Waals surface area contributed by atoms with Gasteiger partial charge in [-0.25, -0.2) is 4.79 Å². The number of aromatic nitrogens is 2. The largest absolute Gasteiger partial charge is 0.379 e. The number of carbonyl (C=O) groups is 1. The molecule has 1 atom stereocenters. The lowest BCUT2D eigenvalue weighted by Crippen LogP contribution is -2.47. The van der Waals surface area contributed by atoms with E-state index in [9.17, 15) is 9.59 Å². The first-order valence-corrected chi connectivity index (χ1v) is 6.98. The van der Waals surface area contributed by atoms with Crippen LogP contribution in [0.1, 0.15) is 6.92 Å². The van der Waals surface area contributed by atoms with Crippen molar-refractivity contribution in [2.75, 3.05) is 31.6 Å². The molecule has 1 saturated heterocycles. The average molecular weight is 290 g/mol. The molecule has 1 fully saturated rings. The van der Waals surface area contributed by atoms with Crippen molar-refractivity contribution in [1.82, 2.24) is 14.9 Å². The molecule has 0 unspecified atom stereocenters. The SMILES string of the molecule is C[C@@H](C(=O)Nc1ccc2[nH]c(=O)[nH]c2c1)N1CCOCC1. The highest BCUT2D eigenvalue weighted by Gasteiger charge is 2.23. The van der Waals surface area contributed by atoms with Crippen LogP contribution in [0.25, 0.3) is 11.0 Å². The number of morpholine rings is 1. The number of amides is 1. The van der Waals surface area contributed by atoms with Gasteiger partial charge in [-0.05, 0) is 25.1 Å². The monoisotopic (exact) mass is 290 g/mol. The number of ether oxygens (including phenoxy) is 1. The molecular formula is C14H18N4O3. The normalized spacial score (nSPS) is 17.8. The summed E-state index contributed by atoms with van der Waals surface area (Å²) in [6.45, 7) is 4.73. The number of hydrogen-bond acceptors (Lipinski definition) is 4. The van der Waals surface area contributed by atoms with Crippen molar-refractivity contribution in [1.29, 1.82) is 0 Å². The van der Waals surface area contributed by atoms with Crippen LogP contribution in [0.3, 0.4) is 0 Å². The third kappa shape index (κ3) is 2.98. The molecule has 0 saturated carbocycles. The van der Waals surface area contributed by atoms with Gasteiger partial charge in [0.05, 0.1) is 30.3 Å². The van der Waals surface area contributed by atoms with Crippen LogP contribution in [0.2, 0.25) is 0 Å². The van der Waals surface area contributed by atoms with Gasteiger partial charge in [0.15, 0.2) is 0 Å². The summed E-state index contributed by atoms with van der Waals surface area (Å²) in [6, 6.07) is 5.07. The van der Waals surface area contributed by atoms with Gasteiger partial charge in [-0.2, -0.15) is 0 Å². The van der Waals surface area contributed by atoms with Crippen LogP contribution in [0.4, 0.5) is 5.69 Å². The van der Waals surface area contributed by atoms with E-state index in [-0.39, 0.29) is 17.6 Å². The molecular weight excluding hydrogens is 272 g/mol. The lowest BCUT2D eigenvalue weighted by atomic mass is 10.2. The molecule has 2 heterocycles. The van der Waals surface area contributed by atoms with Crippen molar-refractivity contribution in [2.45, 2.75) is 13.0 Å². The Labute approximate surface area is 121 Å². The Kier molecular flexibility index (Phi) is 3.76. The maximum Gasteiger partial charge on any atom is 0.323 e. The maximum atomic E-state index is 12.3. The molecule has 1 aromatic heterocycles. The summed E-state index contributed by atoms with van der Waals surface area (Å²) >= 11 is 0. The second-order valence-corrected chi connectivity index (χ2v) is 5.15. The molecule has 2 aromatic rings. The topological polar surface area (TPSA) is 90.2 Å². The number of aromatic amines is 2. The Balaban J connectivity index is 1.71. The van der Waals surface area contributed by atoms with E-state index in [1.54, 1.807) is 18.2 Å². The zero-order chi connectivity index (χ0) is 14.8. The number of imidazole rings is 1. The van der Waals surface area contributed by atoms with Gasteiger partial charge in [-0.1, -0.05) is 0 Å². The van der Waals surface area contributed by atoms with Crippen LogP contribution < -0.4 is 11.0 Å². The van der Waals surface area contributed by atoms with Crippen LogP contribution in [0.5, 0.6) is 0 Å². The van der Waals surface area contributed by atoms with E-state index in [1.807, 2.05) is 6.92 Å². The van der Waals surface area contributed by atoms with E-state index in [0.29, 0.717) is 24.4 Å². The molecule has 3 N–H and O–H groups in total. The predicted octanol–water partition coefficient (Wildman–Crippen LogP) is 0.515. The van der Waals surface area contributed by atoms with Crippen molar-refractivity contribution >= 4 is 22.6 Å². The number of nitrogens with one attached hydrogen (secondary N) is 3. The fourth-order valence-electron chi connectivity index (χ4n) is 2.49. The van der Waals surface area contributed by atoms with Crippen molar-refractivity contribution in [3.05, 3.63) is 28.7 Å². The first kappa shape index (κ1) is 13.8. The van der Waals surface area contributed by atoms with Gasteiger partial charge in [0.1, 0.15) is 0 Å². The van der Waals surface area contributed by atoms with Crippen LogP contribution in [-0.4, -0.2) is 53.1 Å². The molecule has 0 spiro atoms. The lowest BCUT2D eigenvalue weighted by Gasteiger charge is -2.31. The molecule has 3 rings (SSSR count). The smallest absolute Gasteiger partial charge is 0.323 e. The fourth-order valence-corrected chi connectivity index (χ4v) is 2.49. The molecule has 112 valence electrons. The molecule has 0 radical (unpaired) electrons. The Hall–Kier alpha value is -2.12. The molecule has 0 aliphatic carbocycles. The summed E-state index contributed by atoms with van der Waals surface area (Å²) < 4.78 is 5.29. The van der Waals surface area contributed by atoms with Gasteiger partial charge in [0.2, 0.25) is 5.91 Å². The summed E-state index contributed by atoms with van der Waals surface area (Å²) in [4.78, 5) is 30.9. The van der Waals surface area contributed by atoms with Gasteiger partial charge in [-0.15, -0.1) is 0 Å². The summed E-state index contributed by atoms with van der Waals surface area (Å²) in [6.07, 6.45) is 0. The molecule has 1 amide bonds. The minimum absolute atomic E-state index is 0.0610. The van der Waals surface area contributed by atoms with Crippen LogP contribution in [-0.2, 0) is 9.53 Å². The highest BCUT2D eigenvalue weighted by Crippen LogP contribution is 2.15. The van der Waals surface area contributed by atoms with E-state index >= 15 is 0 Å². The molecule has 7 nitrogen and oxygen atoms in total. The number of carbonyl (C=O) groups excluding carboxylic acids is 1. The summed E-state index contributed by atoms with van der Waals surface area (Å²) in [5, 5.41) is 2.88. The zero-order valence-electron chi connectivity index (χ0n) is 11.8. The summed E-state index contributed by atoms with van der Waals surface area (Å²) in [7, 11) is 0. The second kappa shape index (κ2) is 5.71. The van der Waals surface area contributed by atoms with Crippen molar-refractivity contribution in [3.63, 3.8) is 0 Å². The Morgan fingerprint density at radius 3 is 2.76 bits per heavy atom. The Morgan fingerprint density at radius 1 is 1.29 bits per heavy atom. The van der Waals surface area contributed by atoms with Crippen molar-refractivity contribution < 1.29 is 9.53 Å². The molecule has 1 aliphatic rings. The van der Waals surface area contributed by atoms with Gasteiger partial charge in [0, 0.05) is 18.8 Å². The lowest BCUT2D eigenvalue weighted by molar-refractivity contribution is -0.122. The summed E-state index contributed by atoms with van der Waals surface area (Å²) in [5.74, 6) is -0.0610. The molecule has 0 bridgehead atoms. The number of rotatable bonds is 3. The first-order chi connectivity index (χ1) is 10.1. The molecule has 7 heteroatoms. The fraction of sp³-hybridized carbons (Fsp3) is 0.429. The first-order valence-electron chi connectivity index (χ1n) is 6.98. The van der Waals surface area contributed by atoms with Crippen molar-refractivity contribution in [3.8, 4) is 0 Å².